The Morgan fingerprint density at radius 1 is 1.29 bits per heavy atom. The fourth-order valence-electron chi connectivity index (χ4n) is 3.32. The number of carbonyl (C=O) groups is 2. The highest BCUT2D eigenvalue weighted by Gasteiger charge is 2.45. The molecule has 0 saturated carbocycles. The van der Waals surface area contributed by atoms with E-state index in [4.69, 9.17) is 10.5 Å². The van der Waals surface area contributed by atoms with Crippen LogP contribution in [0.15, 0.2) is 53.1 Å². The molecule has 1 heterocycles. The number of nitrogens with zero attached hydrogens (tertiary/aromatic N) is 1. The topological polar surface area (TPSA) is 93.2 Å². The van der Waals surface area contributed by atoms with Crippen molar-refractivity contribution in [1.29, 1.82) is 5.26 Å². The Kier molecular flexibility index (Phi) is 3.76. The molecule has 24 heavy (non-hydrogen) atoms. The number of ketones is 2. The smallest absolute Gasteiger partial charge is 0.205 e. The highest BCUT2D eigenvalue weighted by Crippen LogP contribution is 2.45. The van der Waals surface area contributed by atoms with Crippen LogP contribution < -0.4 is 5.73 Å². The van der Waals surface area contributed by atoms with Crippen molar-refractivity contribution in [3.8, 4) is 6.07 Å². The van der Waals surface area contributed by atoms with Crippen LogP contribution in [0.25, 0.3) is 0 Å². The van der Waals surface area contributed by atoms with Gasteiger partial charge in [-0.25, -0.2) is 0 Å². The molecule has 1 aromatic rings. The van der Waals surface area contributed by atoms with Crippen LogP contribution in [0.1, 0.15) is 37.0 Å². The number of hydrogen-bond acceptors (Lipinski definition) is 5. The van der Waals surface area contributed by atoms with Gasteiger partial charge in [0.25, 0.3) is 0 Å². The average Bonchev–Trinajstić information content (AvgIpc) is 2.52. The van der Waals surface area contributed by atoms with Crippen molar-refractivity contribution in [3.63, 3.8) is 0 Å². The predicted molar refractivity (Wildman–Crippen MR) is 87.2 cm³/mol. The fourth-order valence-corrected chi connectivity index (χ4v) is 3.32. The third kappa shape index (κ3) is 2.61. The van der Waals surface area contributed by atoms with Gasteiger partial charge in [0, 0.05) is 24.0 Å². The van der Waals surface area contributed by atoms with E-state index in [1.807, 2.05) is 19.9 Å². The summed E-state index contributed by atoms with van der Waals surface area (Å²) in [5, 5.41) is 9.45. The second-order valence-electron chi connectivity index (χ2n) is 6.93. The summed E-state index contributed by atoms with van der Waals surface area (Å²) in [5.74, 6) is -1.11. The van der Waals surface area contributed by atoms with E-state index in [2.05, 4.69) is 0 Å². The highest BCUT2D eigenvalue weighted by atomic mass is 16.5. The van der Waals surface area contributed by atoms with Gasteiger partial charge in [0.2, 0.25) is 5.88 Å². The van der Waals surface area contributed by atoms with Gasteiger partial charge in [-0.1, -0.05) is 44.2 Å². The zero-order valence-corrected chi connectivity index (χ0v) is 13.6. The number of carbonyl (C=O) groups excluding carboxylic acids is 2. The van der Waals surface area contributed by atoms with Crippen molar-refractivity contribution in [1.82, 2.24) is 0 Å². The summed E-state index contributed by atoms with van der Waals surface area (Å²) in [6.07, 6.45) is 0.818. The molecule has 2 N–H and O–H groups in total. The normalized spacial score (nSPS) is 22.5. The first-order chi connectivity index (χ1) is 11.3. The van der Waals surface area contributed by atoms with E-state index in [0.29, 0.717) is 24.2 Å². The number of rotatable bonds is 2. The molecule has 5 heteroatoms. The first kappa shape index (κ1) is 16.0. The van der Waals surface area contributed by atoms with E-state index < -0.39 is 5.92 Å². The minimum Gasteiger partial charge on any atom is -0.444 e. The van der Waals surface area contributed by atoms with Gasteiger partial charge in [0.05, 0.1) is 5.92 Å². The van der Waals surface area contributed by atoms with Crippen molar-refractivity contribution in [2.45, 2.75) is 26.7 Å². The summed E-state index contributed by atoms with van der Waals surface area (Å²) < 4.78 is 5.56. The Balaban J connectivity index is 2.14. The molecular formula is C19H18N2O3. The molecule has 5 nitrogen and oxygen atoms in total. The minimum absolute atomic E-state index is 0.00987. The second kappa shape index (κ2) is 5.64. The molecule has 0 fully saturated rings. The number of nitrogens with two attached hydrogens (primary N) is 1. The van der Waals surface area contributed by atoms with E-state index in [1.165, 1.54) is 0 Å². The lowest BCUT2D eigenvalue weighted by Gasteiger charge is -2.36. The molecule has 1 aromatic carbocycles. The van der Waals surface area contributed by atoms with Crippen molar-refractivity contribution < 1.29 is 14.3 Å². The highest BCUT2D eigenvalue weighted by molar-refractivity contribution is 6.10. The fraction of sp³-hybridized carbons (Fsp3) is 0.316. The lowest BCUT2D eigenvalue weighted by Crippen LogP contribution is -2.37. The summed E-state index contributed by atoms with van der Waals surface area (Å²) in [6.45, 7) is 3.93. The Labute approximate surface area is 140 Å². The molecule has 122 valence electrons. The maximum absolute atomic E-state index is 13.0. The van der Waals surface area contributed by atoms with Gasteiger partial charge in [0.1, 0.15) is 17.4 Å². The molecule has 0 bridgehead atoms. The first-order valence-corrected chi connectivity index (χ1v) is 7.77. The molecule has 1 unspecified atom stereocenters. The molecule has 1 atom stereocenters. The molecular weight excluding hydrogens is 304 g/mol. The first-order valence-electron chi connectivity index (χ1n) is 7.77. The van der Waals surface area contributed by atoms with Crippen LogP contribution in [-0.2, 0) is 9.53 Å². The summed E-state index contributed by atoms with van der Waals surface area (Å²) in [7, 11) is 0. The maximum atomic E-state index is 13.0. The molecule has 0 radical (unpaired) electrons. The number of nitriles is 1. The maximum Gasteiger partial charge on any atom is 0.205 e. The van der Waals surface area contributed by atoms with Crippen molar-refractivity contribution in [2.75, 3.05) is 0 Å². The van der Waals surface area contributed by atoms with Crippen LogP contribution in [0.5, 0.6) is 0 Å². The van der Waals surface area contributed by atoms with Gasteiger partial charge in [-0.15, -0.1) is 0 Å². The number of benzene rings is 1. The predicted octanol–water partition coefficient (Wildman–Crippen LogP) is 2.85. The lowest BCUT2D eigenvalue weighted by molar-refractivity contribution is -0.119. The molecule has 0 amide bonds. The number of ether oxygens (including phenoxy) is 1. The molecule has 1 aliphatic heterocycles. The van der Waals surface area contributed by atoms with E-state index in [-0.39, 0.29) is 34.0 Å². The van der Waals surface area contributed by atoms with Gasteiger partial charge in [-0.3, -0.25) is 9.59 Å². The Hall–Kier alpha value is -2.87. The summed E-state index contributed by atoms with van der Waals surface area (Å²) in [6, 6.07) is 10.6. The van der Waals surface area contributed by atoms with Crippen LogP contribution in [0.2, 0.25) is 0 Å². The van der Waals surface area contributed by atoms with Crippen molar-refractivity contribution >= 4 is 11.6 Å². The third-order valence-electron chi connectivity index (χ3n) is 4.40. The monoisotopic (exact) mass is 322 g/mol. The molecule has 3 rings (SSSR count). The van der Waals surface area contributed by atoms with Crippen LogP contribution in [0.3, 0.4) is 0 Å². The zero-order valence-electron chi connectivity index (χ0n) is 13.6. The Morgan fingerprint density at radius 3 is 2.58 bits per heavy atom. The molecule has 2 aliphatic rings. The quantitative estimate of drug-likeness (QED) is 0.845. The molecule has 0 aromatic heterocycles. The van der Waals surface area contributed by atoms with E-state index in [1.54, 1.807) is 30.3 Å². The Morgan fingerprint density at radius 2 is 1.96 bits per heavy atom. The van der Waals surface area contributed by atoms with E-state index in [0.717, 1.165) is 0 Å². The number of allylic oxidation sites excluding steroid dienone is 3. The molecule has 0 saturated heterocycles. The molecule has 1 aliphatic carbocycles. The second-order valence-corrected chi connectivity index (χ2v) is 6.93. The number of Topliss-reactive ketones (excluding diaryl/α,β-unsaturated/α-hetero) is 2. The number of hydrogen-bond donors (Lipinski definition) is 1. The van der Waals surface area contributed by atoms with Gasteiger partial charge in [0.15, 0.2) is 11.6 Å². The zero-order chi connectivity index (χ0) is 17.5. The van der Waals surface area contributed by atoms with Crippen LogP contribution in [0, 0.1) is 22.7 Å². The van der Waals surface area contributed by atoms with Gasteiger partial charge < -0.3 is 10.5 Å². The largest absolute Gasteiger partial charge is 0.444 e. The third-order valence-corrected chi connectivity index (χ3v) is 4.40. The van der Waals surface area contributed by atoms with Crippen molar-refractivity contribution in [3.05, 3.63) is 58.7 Å². The average molecular weight is 322 g/mol. The standard InChI is InChI=1S/C19H18N2O3/c1-19(2)8-13(22)16-14(9-19)24-18(21)12(10-20)15(16)17(23)11-6-4-3-5-7-11/h3-7,15H,8-9,21H2,1-2H3. The van der Waals surface area contributed by atoms with Crippen molar-refractivity contribution in [2.24, 2.45) is 17.1 Å². The minimum atomic E-state index is -0.982. The van der Waals surface area contributed by atoms with Gasteiger partial charge >= 0.3 is 0 Å². The lowest BCUT2D eigenvalue weighted by atomic mass is 9.70. The van der Waals surface area contributed by atoms with Gasteiger partial charge in [-0.2, -0.15) is 5.26 Å². The summed E-state index contributed by atoms with van der Waals surface area (Å²) in [4.78, 5) is 25.7. The SMILES string of the molecule is CC1(C)CC(=O)C2=C(C1)OC(N)=C(C#N)C2C(=O)c1ccccc1. The van der Waals surface area contributed by atoms with Crippen LogP contribution in [0.4, 0.5) is 0 Å². The van der Waals surface area contributed by atoms with Crippen LogP contribution >= 0.6 is 0 Å². The Bertz CT molecular complexity index is 826. The van der Waals surface area contributed by atoms with Gasteiger partial charge in [-0.05, 0) is 5.41 Å². The van der Waals surface area contributed by atoms with E-state index in [9.17, 15) is 14.9 Å². The summed E-state index contributed by atoms with van der Waals surface area (Å²) in [5.41, 5.74) is 6.35. The van der Waals surface area contributed by atoms with Crippen LogP contribution in [-0.4, -0.2) is 11.6 Å². The molecule has 0 spiro atoms. The van der Waals surface area contributed by atoms with E-state index >= 15 is 0 Å². The summed E-state index contributed by atoms with van der Waals surface area (Å²) >= 11 is 0.